The Hall–Kier alpha value is -3.03. The lowest BCUT2D eigenvalue weighted by Crippen LogP contribution is -2.36. The number of fused-ring (bicyclic) bond motifs is 1. The van der Waals surface area contributed by atoms with Gasteiger partial charge in [-0.05, 0) is 43.9 Å². The fourth-order valence-corrected chi connectivity index (χ4v) is 3.45. The Morgan fingerprint density at radius 3 is 2.79 bits per heavy atom. The van der Waals surface area contributed by atoms with Crippen LogP contribution in [0.3, 0.4) is 0 Å². The number of hydrogen-bond donors (Lipinski definition) is 2. The molecule has 2 aliphatic heterocycles. The van der Waals surface area contributed by atoms with Crippen molar-refractivity contribution in [3.05, 3.63) is 45.9 Å². The van der Waals surface area contributed by atoms with E-state index in [1.807, 2.05) is 6.92 Å². The highest BCUT2D eigenvalue weighted by atomic mass is 16.7. The van der Waals surface area contributed by atoms with Crippen LogP contribution in [0, 0.1) is 5.92 Å². The van der Waals surface area contributed by atoms with E-state index in [0.717, 1.165) is 25.9 Å². The van der Waals surface area contributed by atoms with Gasteiger partial charge >= 0.3 is 0 Å². The summed E-state index contributed by atoms with van der Waals surface area (Å²) in [5, 5.41) is 2.90. The van der Waals surface area contributed by atoms with Crippen molar-refractivity contribution in [3.63, 3.8) is 0 Å². The molecule has 1 aromatic heterocycles. The molecular formula is C20H24N4O4. The number of piperidine rings is 1. The molecule has 2 N–H and O–H groups in total. The lowest BCUT2D eigenvalue weighted by atomic mass is 10.00. The largest absolute Gasteiger partial charge is 0.454 e. The summed E-state index contributed by atoms with van der Waals surface area (Å²) in [5.74, 6) is 2.17. The molecule has 0 radical (unpaired) electrons. The van der Waals surface area contributed by atoms with Crippen molar-refractivity contribution in [2.75, 3.05) is 24.8 Å². The third-order valence-corrected chi connectivity index (χ3v) is 5.26. The zero-order valence-electron chi connectivity index (χ0n) is 16.0. The van der Waals surface area contributed by atoms with E-state index in [2.05, 4.69) is 27.1 Å². The van der Waals surface area contributed by atoms with Crippen molar-refractivity contribution in [2.45, 2.75) is 32.7 Å². The second kappa shape index (κ2) is 7.53. The highest BCUT2D eigenvalue weighted by Crippen LogP contribution is 2.32. The molecule has 1 atom stereocenters. The zero-order valence-corrected chi connectivity index (χ0v) is 16.0. The molecule has 1 fully saturated rings. The van der Waals surface area contributed by atoms with Gasteiger partial charge in [-0.1, -0.05) is 6.92 Å². The standard InChI is InChI=1S/C20H24N4O4/c1-12-5-7-24(8-6-12)20-22-15(10-18(25)23-20)13(2)21-19(26)14-3-4-16-17(9-14)28-11-27-16/h3-4,9-10,12-13H,5-8,11H2,1-2H3,(H,21,26)(H,22,23,25). The van der Waals surface area contributed by atoms with Crippen LogP contribution in [0.25, 0.3) is 0 Å². The molecule has 3 heterocycles. The van der Waals surface area contributed by atoms with Crippen molar-refractivity contribution in [1.82, 2.24) is 15.3 Å². The average molecular weight is 384 g/mol. The molecule has 1 saturated heterocycles. The minimum atomic E-state index is -0.414. The van der Waals surface area contributed by atoms with Crippen molar-refractivity contribution in [2.24, 2.45) is 5.92 Å². The minimum absolute atomic E-state index is 0.158. The molecule has 2 aliphatic rings. The lowest BCUT2D eigenvalue weighted by Gasteiger charge is -2.31. The first-order valence-corrected chi connectivity index (χ1v) is 9.56. The summed E-state index contributed by atoms with van der Waals surface area (Å²) in [6.45, 7) is 5.94. The summed E-state index contributed by atoms with van der Waals surface area (Å²) in [5.41, 5.74) is 0.778. The first-order chi connectivity index (χ1) is 13.5. The predicted octanol–water partition coefficient (Wildman–Crippen LogP) is 2.23. The summed E-state index contributed by atoms with van der Waals surface area (Å²) in [7, 11) is 0. The first kappa shape index (κ1) is 18.3. The van der Waals surface area contributed by atoms with Gasteiger partial charge in [0, 0.05) is 24.7 Å². The number of aromatic nitrogens is 2. The highest BCUT2D eigenvalue weighted by molar-refractivity contribution is 5.95. The monoisotopic (exact) mass is 384 g/mol. The Kier molecular flexibility index (Phi) is 4.93. The van der Waals surface area contributed by atoms with E-state index in [4.69, 9.17) is 9.47 Å². The van der Waals surface area contributed by atoms with E-state index < -0.39 is 6.04 Å². The number of ether oxygens (including phenoxy) is 2. The Morgan fingerprint density at radius 1 is 1.25 bits per heavy atom. The number of anilines is 1. The Bertz CT molecular complexity index is 934. The number of nitrogens with one attached hydrogen (secondary N) is 2. The van der Waals surface area contributed by atoms with Crippen LogP contribution < -0.4 is 25.2 Å². The van der Waals surface area contributed by atoms with Crippen LogP contribution in [0.5, 0.6) is 11.5 Å². The van der Waals surface area contributed by atoms with Gasteiger partial charge in [0.2, 0.25) is 12.7 Å². The molecule has 0 bridgehead atoms. The average Bonchev–Trinajstić information content (AvgIpc) is 3.15. The third-order valence-electron chi connectivity index (χ3n) is 5.26. The van der Waals surface area contributed by atoms with E-state index in [1.165, 1.54) is 6.07 Å². The summed E-state index contributed by atoms with van der Waals surface area (Å²) >= 11 is 0. The second-order valence-corrected chi connectivity index (χ2v) is 7.43. The lowest BCUT2D eigenvalue weighted by molar-refractivity contribution is 0.0938. The molecule has 0 saturated carbocycles. The van der Waals surface area contributed by atoms with Gasteiger partial charge in [0.1, 0.15) is 0 Å². The number of benzene rings is 1. The number of aromatic amines is 1. The Labute approximate surface area is 162 Å². The summed E-state index contributed by atoms with van der Waals surface area (Å²) in [6, 6.07) is 6.06. The molecule has 1 aromatic carbocycles. The van der Waals surface area contributed by atoms with Gasteiger partial charge in [0.15, 0.2) is 11.5 Å². The van der Waals surface area contributed by atoms with E-state index >= 15 is 0 Å². The fraction of sp³-hybridized carbons (Fsp3) is 0.450. The van der Waals surface area contributed by atoms with Crippen molar-refractivity contribution >= 4 is 11.9 Å². The second-order valence-electron chi connectivity index (χ2n) is 7.43. The van der Waals surface area contributed by atoms with Crippen LogP contribution in [0.4, 0.5) is 5.95 Å². The van der Waals surface area contributed by atoms with Gasteiger partial charge in [0.25, 0.3) is 11.5 Å². The SMILES string of the molecule is CC1CCN(c2nc(C(C)NC(=O)c3ccc4c(c3)OCO4)cc(=O)[nH]2)CC1. The molecule has 1 amide bonds. The molecule has 2 aromatic rings. The summed E-state index contributed by atoms with van der Waals surface area (Å²) in [4.78, 5) is 34.3. The number of nitrogens with zero attached hydrogens (tertiary/aromatic N) is 2. The van der Waals surface area contributed by atoms with Crippen LogP contribution >= 0.6 is 0 Å². The van der Waals surface area contributed by atoms with Crippen molar-refractivity contribution < 1.29 is 14.3 Å². The van der Waals surface area contributed by atoms with Crippen LogP contribution in [0.15, 0.2) is 29.1 Å². The summed E-state index contributed by atoms with van der Waals surface area (Å²) < 4.78 is 10.6. The molecule has 1 unspecified atom stereocenters. The van der Waals surface area contributed by atoms with E-state index in [9.17, 15) is 9.59 Å². The maximum atomic E-state index is 12.6. The topological polar surface area (TPSA) is 96.6 Å². The number of rotatable bonds is 4. The molecule has 4 rings (SSSR count). The number of H-pyrrole nitrogens is 1. The van der Waals surface area contributed by atoms with Crippen molar-refractivity contribution in [3.8, 4) is 11.5 Å². The van der Waals surface area contributed by atoms with Gasteiger partial charge in [-0.15, -0.1) is 0 Å². The molecule has 0 aliphatic carbocycles. The minimum Gasteiger partial charge on any atom is -0.454 e. The van der Waals surface area contributed by atoms with Gasteiger partial charge in [0.05, 0.1) is 11.7 Å². The normalized spacial score (nSPS) is 17.4. The maximum Gasteiger partial charge on any atom is 0.252 e. The molecule has 28 heavy (non-hydrogen) atoms. The highest BCUT2D eigenvalue weighted by Gasteiger charge is 2.21. The zero-order chi connectivity index (χ0) is 19.7. The Balaban J connectivity index is 1.49. The number of carbonyl (C=O) groups is 1. The fourth-order valence-electron chi connectivity index (χ4n) is 3.45. The smallest absolute Gasteiger partial charge is 0.252 e. The maximum absolute atomic E-state index is 12.6. The van der Waals surface area contributed by atoms with Gasteiger partial charge in [-0.25, -0.2) is 4.98 Å². The number of amides is 1. The molecule has 8 nitrogen and oxygen atoms in total. The van der Waals surface area contributed by atoms with Gasteiger partial charge in [-0.2, -0.15) is 0 Å². The molecule has 148 valence electrons. The quantitative estimate of drug-likeness (QED) is 0.839. The first-order valence-electron chi connectivity index (χ1n) is 9.56. The molecule has 8 heteroatoms. The van der Waals surface area contributed by atoms with Crippen LogP contribution in [0.2, 0.25) is 0 Å². The van der Waals surface area contributed by atoms with Gasteiger partial charge in [-0.3, -0.25) is 14.6 Å². The molecular weight excluding hydrogens is 360 g/mol. The van der Waals surface area contributed by atoms with E-state index in [-0.39, 0.29) is 18.3 Å². The van der Waals surface area contributed by atoms with E-state index in [0.29, 0.717) is 34.6 Å². The van der Waals surface area contributed by atoms with Gasteiger partial charge < -0.3 is 19.7 Å². The predicted molar refractivity (Wildman–Crippen MR) is 104 cm³/mol. The van der Waals surface area contributed by atoms with Crippen molar-refractivity contribution in [1.29, 1.82) is 0 Å². The van der Waals surface area contributed by atoms with Crippen LogP contribution in [-0.2, 0) is 0 Å². The number of hydrogen-bond acceptors (Lipinski definition) is 6. The Morgan fingerprint density at radius 2 is 2.00 bits per heavy atom. The summed E-state index contributed by atoms with van der Waals surface area (Å²) in [6.07, 6.45) is 2.15. The third kappa shape index (κ3) is 3.81. The van der Waals surface area contributed by atoms with E-state index in [1.54, 1.807) is 18.2 Å². The molecule has 0 spiro atoms. The van der Waals surface area contributed by atoms with Crippen LogP contribution in [-0.4, -0.2) is 35.8 Å². The number of carbonyl (C=O) groups excluding carboxylic acids is 1. The van der Waals surface area contributed by atoms with Crippen LogP contribution in [0.1, 0.15) is 48.8 Å².